The fourth-order valence-electron chi connectivity index (χ4n) is 2.79. The van der Waals surface area contributed by atoms with Gasteiger partial charge in [0.2, 0.25) is 0 Å². The summed E-state index contributed by atoms with van der Waals surface area (Å²) in [6.45, 7) is 4.16. The Kier molecular flexibility index (Phi) is 4.53. The van der Waals surface area contributed by atoms with E-state index in [1.54, 1.807) is 34.1 Å². The summed E-state index contributed by atoms with van der Waals surface area (Å²) in [4.78, 5) is 0. The van der Waals surface area contributed by atoms with Crippen LogP contribution in [-0.4, -0.2) is 26.8 Å². The summed E-state index contributed by atoms with van der Waals surface area (Å²) in [5.74, 6) is 1.31. The average Bonchev–Trinajstić information content (AvgIpc) is 2.90. The first-order valence-electron chi connectivity index (χ1n) is 7.13. The topological polar surface area (TPSA) is 30.5 Å². The van der Waals surface area contributed by atoms with Crippen molar-refractivity contribution >= 4 is 0 Å². The van der Waals surface area contributed by atoms with Gasteiger partial charge in [-0.2, -0.15) is 0 Å². The highest BCUT2D eigenvalue weighted by molar-refractivity contribution is 5.49. The molecule has 0 radical (unpaired) electrons. The maximum atomic E-state index is 14.4. The third-order valence-electron chi connectivity index (χ3n) is 3.87. The first-order valence-corrected chi connectivity index (χ1v) is 7.13. The van der Waals surface area contributed by atoms with E-state index in [0.717, 1.165) is 30.7 Å². The van der Waals surface area contributed by atoms with E-state index in [1.165, 1.54) is 6.42 Å². The Hall–Kier alpha value is -1.29. The predicted molar refractivity (Wildman–Crippen MR) is 78.4 cm³/mol. The Morgan fingerprint density at radius 2 is 1.95 bits per heavy atom. The van der Waals surface area contributed by atoms with Crippen molar-refractivity contribution in [2.45, 2.75) is 44.8 Å². The van der Waals surface area contributed by atoms with Gasteiger partial charge in [0.15, 0.2) is 0 Å². The number of benzene rings is 1. The minimum absolute atomic E-state index is 0.452. The van der Waals surface area contributed by atoms with Crippen molar-refractivity contribution in [3.63, 3.8) is 0 Å². The lowest BCUT2D eigenvalue weighted by molar-refractivity contribution is 0.213. The molecule has 1 aliphatic heterocycles. The molecule has 0 saturated carbocycles. The van der Waals surface area contributed by atoms with E-state index in [4.69, 9.17) is 9.47 Å². The standard InChI is InChI=1S/C16H24FNO2/c1-16(2,17)13-9-11(8-12-6-5-7-18-12)14(19-3)10-15(13)20-4/h9-10,12,18H,5-8H2,1-4H3. The maximum Gasteiger partial charge on any atom is 0.134 e. The lowest BCUT2D eigenvalue weighted by Gasteiger charge is -2.22. The highest BCUT2D eigenvalue weighted by Gasteiger charge is 2.26. The zero-order chi connectivity index (χ0) is 14.8. The van der Waals surface area contributed by atoms with Crippen LogP contribution in [0, 0.1) is 0 Å². The summed E-state index contributed by atoms with van der Waals surface area (Å²) in [6, 6.07) is 4.13. The van der Waals surface area contributed by atoms with Gasteiger partial charge >= 0.3 is 0 Å². The Bertz CT molecular complexity index is 462. The van der Waals surface area contributed by atoms with E-state index in [0.29, 0.717) is 17.4 Å². The van der Waals surface area contributed by atoms with Gasteiger partial charge in [0, 0.05) is 17.7 Å². The first-order chi connectivity index (χ1) is 9.45. The van der Waals surface area contributed by atoms with Gasteiger partial charge in [0.1, 0.15) is 17.2 Å². The molecule has 1 fully saturated rings. The lowest BCUT2D eigenvalue weighted by atomic mass is 9.93. The molecule has 1 aromatic rings. The van der Waals surface area contributed by atoms with Crippen LogP contribution < -0.4 is 14.8 Å². The average molecular weight is 281 g/mol. The van der Waals surface area contributed by atoms with E-state index < -0.39 is 5.67 Å². The van der Waals surface area contributed by atoms with Gasteiger partial charge in [-0.3, -0.25) is 0 Å². The van der Waals surface area contributed by atoms with Crippen LogP contribution >= 0.6 is 0 Å². The molecular formula is C16H24FNO2. The molecule has 0 amide bonds. The number of nitrogens with one attached hydrogen (secondary N) is 1. The Morgan fingerprint density at radius 1 is 1.25 bits per heavy atom. The van der Waals surface area contributed by atoms with Gasteiger partial charge in [0.05, 0.1) is 14.2 Å². The smallest absolute Gasteiger partial charge is 0.134 e. The van der Waals surface area contributed by atoms with Crippen molar-refractivity contribution in [3.8, 4) is 11.5 Å². The minimum Gasteiger partial charge on any atom is -0.496 e. The molecule has 0 spiro atoms. The summed E-state index contributed by atoms with van der Waals surface area (Å²) in [5.41, 5.74) is 0.178. The van der Waals surface area contributed by atoms with Crippen molar-refractivity contribution < 1.29 is 13.9 Å². The summed E-state index contributed by atoms with van der Waals surface area (Å²) >= 11 is 0. The van der Waals surface area contributed by atoms with Gasteiger partial charge in [-0.15, -0.1) is 0 Å². The van der Waals surface area contributed by atoms with E-state index in [2.05, 4.69) is 5.32 Å². The van der Waals surface area contributed by atoms with Crippen molar-refractivity contribution in [3.05, 3.63) is 23.3 Å². The maximum absolute atomic E-state index is 14.4. The Labute approximate surface area is 120 Å². The zero-order valence-electron chi connectivity index (χ0n) is 12.8. The number of rotatable bonds is 5. The Morgan fingerprint density at radius 3 is 2.45 bits per heavy atom. The van der Waals surface area contributed by atoms with Gasteiger partial charge in [0.25, 0.3) is 0 Å². The number of halogens is 1. The number of ether oxygens (including phenoxy) is 2. The van der Waals surface area contributed by atoms with Crippen molar-refractivity contribution in [1.29, 1.82) is 0 Å². The van der Waals surface area contributed by atoms with Gasteiger partial charge in [-0.1, -0.05) is 0 Å². The SMILES string of the molecule is COc1cc(OC)c(C(C)(C)F)cc1CC1CCCN1. The van der Waals surface area contributed by atoms with Crippen LogP contribution in [0.3, 0.4) is 0 Å². The monoisotopic (exact) mass is 281 g/mol. The third-order valence-corrected chi connectivity index (χ3v) is 3.87. The van der Waals surface area contributed by atoms with Crippen LogP contribution in [0.4, 0.5) is 4.39 Å². The van der Waals surface area contributed by atoms with Gasteiger partial charge in [-0.25, -0.2) is 4.39 Å². The van der Waals surface area contributed by atoms with Crippen LogP contribution in [0.5, 0.6) is 11.5 Å². The van der Waals surface area contributed by atoms with Gasteiger partial charge in [-0.05, 0) is 51.3 Å². The summed E-state index contributed by atoms with van der Waals surface area (Å²) in [7, 11) is 3.20. The van der Waals surface area contributed by atoms with Crippen LogP contribution in [0.15, 0.2) is 12.1 Å². The molecule has 1 N–H and O–H groups in total. The van der Waals surface area contributed by atoms with Crippen LogP contribution in [-0.2, 0) is 12.1 Å². The number of alkyl halides is 1. The fraction of sp³-hybridized carbons (Fsp3) is 0.625. The predicted octanol–water partition coefficient (Wildman–Crippen LogP) is 3.20. The van der Waals surface area contributed by atoms with Crippen LogP contribution in [0.1, 0.15) is 37.8 Å². The highest BCUT2D eigenvalue weighted by Crippen LogP contribution is 2.38. The molecule has 0 bridgehead atoms. The highest BCUT2D eigenvalue weighted by atomic mass is 19.1. The molecule has 0 aliphatic carbocycles. The first kappa shape index (κ1) is 15.1. The molecule has 4 heteroatoms. The molecule has 1 heterocycles. The van der Waals surface area contributed by atoms with Crippen LogP contribution in [0.2, 0.25) is 0 Å². The molecule has 3 nitrogen and oxygen atoms in total. The number of hydrogen-bond donors (Lipinski definition) is 1. The van der Waals surface area contributed by atoms with Crippen LogP contribution in [0.25, 0.3) is 0 Å². The number of hydrogen-bond acceptors (Lipinski definition) is 3. The van der Waals surface area contributed by atoms with E-state index in [-0.39, 0.29) is 0 Å². The molecule has 112 valence electrons. The molecule has 0 aromatic heterocycles. The lowest BCUT2D eigenvalue weighted by Crippen LogP contribution is -2.24. The minimum atomic E-state index is -1.44. The second-order valence-corrected chi connectivity index (χ2v) is 5.83. The van der Waals surface area contributed by atoms with Crippen molar-refractivity contribution in [1.82, 2.24) is 5.32 Å². The number of methoxy groups -OCH3 is 2. The van der Waals surface area contributed by atoms with Gasteiger partial charge < -0.3 is 14.8 Å². The molecule has 2 rings (SSSR count). The summed E-state index contributed by atoms with van der Waals surface area (Å²) < 4.78 is 25.1. The summed E-state index contributed by atoms with van der Waals surface area (Å²) in [5, 5.41) is 3.46. The second kappa shape index (κ2) is 6.00. The van der Waals surface area contributed by atoms with E-state index in [1.807, 2.05) is 6.07 Å². The second-order valence-electron chi connectivity index (χ2n) is 5.83. The summed E-state index contributed by atoms with van der Waals surface area (Å²) in [6.07, 6.45) is 3.21. The Balaban J connectivity index is 2.37. The molecule has 20 heavy (non-hydrogen) atoms. The van der Waals surface area contributed by atoms with E-state index in [9.17, 15) is 4.39 Å². The molecule has 1 aromatic carbocycles. The normalized spacial score (nSPS) is 19.1. The molecule has 1 aliphatic rings. The third kappa shape index (κ3) is 3.23. The fourth-order valence-corrected chi connectivity index (χ4v) is 2.79. The van der Waals surface area contributed by atoms with E-state index >= 15 is 0 Å². The van der Waals surface area contributed by atoms with Crippen molar-refractivity contribution in [2.24, 2.45) is 0 Å². The van der Waals surface area contributed by atoms with Crippen molar-refractivity contribution in [2.75, 3.05) is 20.8 Å². The molecule has 1 saturated heterocycles. The zero-order valence-corrected chi connectivity index (χ0v) is 12.8. The molecule has 1 atom stereocenters. The molecular weight excluding hydrogens is 257 g/mol. The quantitative estimate of drug-likeness (QED) is 0.899. The molecule has 1 unspecified atom stereocenters. The largest absolute Gasteiger partial charge is 0.496 e.